The van der Waals surface area contributed by atoms with Crippen molar-refractivity contribution in [1.82, 2.24) is 0 Å². The smallest absolute Gasteiger partial charge is 0.129 e. The summed E-state index contributed by atoms with van der Waals surface area (Å²) in [5.74, 6) is 2.90. The molecule has 3 heteroatoms. The first-order valence-corrected chi connectivity index (χ1v) is 9.89. The summed E-state index contributed by atoms with van der Waals surface area (Å²) in [6, 6.07) is 9.91. The molecule has 1 rings (SSSR count). The van der Waals surface area contributed by atoms with Gasteiger partial charge in [-0.1, -0.05) is 55.9 Å². The Morgan fingerprint density at radius 1 is 1.22 bits per heavy atom. The van der Waals surface area contributed by atoms with E-state index in [2.05, 4.69) is 43.2 Å². The largest absolute Gasteiger partial charge is 0.379 e. The van der Waals surface area contributed by atoms with Gasteiger partial charge in [0.25, 0.3) is 0 Å². The molecule has 3 N–H and O–H groups in total. The van der Waals surface area contributed by atoms with Crippen LogP contribution in [-0.4, -0.2) is 25.3 Å². The molecule has 0 heterocycles. The van der Waals surface area contributed by atoms with E-state index < -0.39 is 14.2 Å². The van der Waals surface area contributed by atoms with Gasteiger partial charge in [0, 0.05) is 6.04 Å². The van der Waals surface area contributed by atoms with Gasteiger partial charge in [-0.25, -0.2) is 0 Å². The number of rotatable bonds is 4. The monoisotopic (exact) mass is 261 g/mol. The molecule has 2 nitrogen and oxygen atoms in total. The molecule has 0 bridgehead atoms. The Hall–Kier alpha value is -1.08. The molecule has 1 aromatic carbocycles. The van der Waals surface area contributed by atoms with E-state index in [1.165, 1.54) is 5.56 Å². The summed E-state index contributed by atoms with van der Waals surface area (Å²) in [4.78, 5) is 0. The number of aliphatic hydroxyl groups excluding tert-OH is 1. The second-order valence-corrected chi connectivity index (χ2v) is 10.4. The third-order valence-corrected chi connectivity index (χ3v) is 3.50. The Labute approximate surface area is 111 Å². The summed E-state index contributed by atoms with van der Waals surface area (Å²) < 4.78 is 0. The molecule has 98 valence electrons. The fourth-order valence-electron chi connectivity index (χ4n) is 1.53. The molecule has 0 spiro atoms. The molecule has 0 amide bonds. The number of hydrogen-bond acceptors (Lipinski definition) is 2. The van der Waals surface area contributed by atoms with Crippen molar-refractivity contribution < 1.29 is 5.11 Å². The quantitative estimate of drug-likeness (QED) is 0.645. The number of nitrogens with two attached hydrogens (primary N) is 1. The Morgan fingerprint density at radius 2 is 1.83 bits per heavy atom. The maximum atomic E-state index is 9.88. The van der Waals surface area contributed by atoms with Crippen LogP contribution in [-0.2, 0) is 6.42 Å². The Bertz CT molecular complexity index is 414. The lowest BCUT2D eigenvalue weighted by atomic mass is 10.0. The van der Waals surface area contributed by atoms with E-state index in [0.717, 1.165) is 12.8 Å². The van der Waals surface area contributed by atoms with Crippen LogP contribution in [0.2, 0.25) is 19.6 Å². The normalized spacial score (nSPS) is 14.5. The van der Waals surface area contributed by atoms with Crippen molar-refractivity contribution in [2.75, 3.05) is 0 Å². The zero-order valence-electron chi connectivity index (χ0n) is 11.5. The number of aryl methyl sites for hydroxylation is 1. The first-order valence-electron chi connectivity index (χ1n) is 6.39. The lowest BCUT2D eigenvalue weighted by molar-refractivity contribution is 0.195. The SMILES string of the molecule is C[Si](C)(C)C#C[C@H](O)[C@H](N)CCc1ccccc1. The summed E-state index contributed by atoms with van der Waals surface area (Å²) in [6.45, 7) is 6.46. The highest BCUT2D eigenvalue weighted by Crippen LogP contribution is 2.06. The van der Waals surface area contributed by atoms with E-state index in [0.29, 0.717) is 0 Å². The Balaban J connectivity index is 2.45. The van der Waals surface area contributed by atoms with Gasteiger partial charge in [0.05, 0.1) is 0 Å². The van der Waals surface area contributed by atoms with Gasteiger partial charge in [-0.2, -0.15) is 0 Å². The van der Waals surface area contributed by atoms with E-state index in [1.807, 2.05) is 18.2 Å². The summed E-state index contributed by atoms with van der Waals surface area (Å²) in [7, 11) is -1.43. The fraction of sp³-hybridized carbons (Fsp3) is 0.467. The molecule has 0 radical (unpaired) electrons. The molecule has 0 saturated heterocycles. The average molecular weight is 261 g/mol. The lowest BCUT2D eigenvalue weighted by Crippen LogP contribution is -2.34. The molecule has 0 saturated carbocycles. The summed E-state index contributed by atoms with van der Waals surface area (Å²) >= 11 is 0. The lowest BCUT2D eigenvalue weighted by Gasteiger charge is -2.14. The summed E-state index contributed by atoms with van der Waals surface area (Å²) in [5.41, 5.74) is 10.4. The highest BCUT2D eigenvalue weighted by molar-refractivity contribution is 6.83. The zero-order valence-corrected chi connectivity index (χ0v) is 12.5. The van der Waals surface area contributed by atoms with Gasteiger partial charge < -0.3 is 10.8 Å². The molecule has 0 aromatic heterocycles. The van der Waals surface area contributed by atoms with Crippen LogP contribution in [0, 0.1) is 11.5 Å². The maximum absolute atomic E-state index is 9.88. The van der Waals surface area contributed by atoms with Crippen LogP contribution in [0.15, 0.2) is 30.3 Å². The van der Waals surface area contributed by atoms with Crippen LogP contribution in [0.3, 0.4) is 0 Å². The molecule has 18 heavy (non-hydrogen) atoms. The highest BCUT2D eigenvalue weighted by Gasteiger charge is 2.14. The van der Waals surface area contributed by atoms with E-state index in [-0.39, 0.29) is 6.04 Å². The zero-order chi connectivity index (χ0) is 13.6. The summed E-state index contributed by atoms with van der Waals surface area (Å²) in [5, 5.41) is 9.88. The van der Waals surface area contributed by atoms with Crippen LogP contribution < -0.4 is 5.73 Å². The molecule has 0 aliphatic carbocycles. The van der Waals surface area contributed by atoms with Crippen LogP contribution in [0.4, 0.5) is 0 Å². The van der Waals surface area contributed by atoms with Crippen LogP contribution in [0.25, 0.3) is 0 Å². The minimum absolute atomic E-state index is 0.269. The molecule has 0 unspecified atom stereocenters. The van der Waals surface area contributed by atoms with Gasteiger partial charge in [-0.3, -0.25) is 0 Å². The van der Waals surface area contributed by atoms with Crippen LogP contribution >= 0.6 is 0 Å². The van der Waals surface area contributed by atoms with Crippen molar-refractivity contribution in [1.29, 1.82) is 0 Å². The van der Waals surface area contributed by atoms with Gasteiger partial charge >= 0.3 is 0 Å². The summed E-state index contributed by atoms with van der Waals surface area (Å²) in [6.07, 6.45) is 0.930. The van der Waals surface area contributed by atoms with Crippen molar-refractivity contribution in [3.05, 3.63) is 35.9 Å². The van der Waals surface area contributed by atoms with E-state index in [1.54, 1.807) is 0 Å². The maximum Gasteiger partial charge on any atom is 0.129 e. The van der Waals surface area contributed by atoms with E-state index in [9.17, 15) is 5.11 Å². The first kappa shape index (κ1) is 15.0. The highest BCUT2D eigenvalue weighted by atomic mass is 28.3. The minimum Gasteiger partial charge on any atom is -0.379 e. The molecular formula is C15H23NOSi. The van der Waals surface area contributed by atoms with E-state index >= 15 is 0 Å². The van der Waals surface area contributed by atoms with Gasteiger partial charge in [0.15, 0.2) is 0 Å². The van der Waals surface area contributed by atoms with Gasteiger partial charge in [-0.15, -0.1) is 5.54 Å². The molecule has 0 fully saturated rings. The third kappa shape index (κ3) is 6.01. The standard InChI is InChI=1S/C15H23NOSi/c1-18(2,3)12-11-15(17)14(16)10-9-13-7-5-4-6-8-13/h4-8,14-15,17H,9-10,16H2,1-3H3/t14-,15+/m1/s1. The van der Waals surface area contributed by atoms with Gasteiger partial charge in [0.2, 0.25) is 0 Å². The second kappa shape index (κ2) is 6.74. The minimum atomic E-state index is -1.43. The molecule has 2 atom stereocenters. The predicted octanol–water partition coefficient (Wildman–Crippen LogP) is 2.19. The molecule has 1 aromatic rings. The fourth-order valence-corrected chi connectivity index (χ4v) is 2.11. The van der Waals surface area contributed by atoms with Crippen molar-refractivity contribution in [2.24, 2.45) is 5.73 Å². The van der Waals surface area contributed by atoms with E-state index in [4.69, 9.17) is 5.73 Å². The van der Waals surface area contributed by atoms with Crippen LogP contribution in [0.5, 0.6) is 0 Å². The average Bonchev–Trinajstić information content (AvgIpc) is 2.33. The van der Waals surface area contributed by atoms with Crippen molar-refractivity contribution in [3.63, 3.8) is 0 Å². The Morgan fingerprint density at radius 3 is 2.39 bits per heavy atom. The Kier molecular flexibility index (Phi) is 5.61. The molecule has 0 aliphatic rings. The van der Waals surface area contributed by atoms with Gasteiger partial charge in [-0.05, 0) is 18.4 Å². The number of hydrogen-bond donors (Lipinski definition) is 2. The third-order valence-electron chi connectivity index (χ3n) is 2.61. The topological polar surface area (TPSA) is 46.2 Å². The van der Waals surface area contributed by atoms with Crippen molar-refractivity contribution in [3.8, 4) is 11.5 Å². The number of benzene rings is 1. The van der Waals surface area contributed by atoms with Gasteiger partial charge in [0.1, 0.15) is 14.2 Å². The molecule has 0 aliphatic heterocycles. The predicted molar refractivity (Wildman–Crippen MR) is 79.9 cm³/mol. The van der Waals surface area contributed by atoms with Crippen LogP contribution in [0.1, 0.15) is 12.0 Å². The number of aliphatic hydroxyl groups is 1. The molecular weight excluding hydrogens is 238 g/mol. The van der Waals surface area contributed by atoms with Crippen molar-refractivity contribution >= 4 is 8.07 Å². The first-order chi connectivity index (χ1) is 8.38. The van der Waals surface area contributed by atoms with Crippen molar-refractivity contribution in [2.45, 2.75) is 44.6 Å². The second-order valence-electron chi connectivity index (χ2n) is 5.65.